The van der Waals surface area contributed by atoms with Gasteiger partial charge in [0.25, 0.3) is 0 Å². The van der Waals surface area contributed by atoms with E-state index in [1.165, 1.54) is 5.56 Å². The molecule has 3 rings (SSSR count). The molecule has 2 aromatic heterocycles. The van der Waals surface area contributed by atoms with E-state index in [-0.39, 0.29) is 0 Å². The number of pyridine rings is 1. The van der Waals surface area contributed by atoms with Crippen LogP contribution in [0.4, 0.5) is 5.69 Å². The van der Waals surface area contributed by atoms with Crippen LogP contribution < -0.4 is 5.73 Å². The van der Waals surface area contributed by atoms with Gasteiger partial charge in [0.2, 0.25) is 0 Å². The average Bonchev–Trinajstić information content (AvgIpc) is 2.78. The van der Waals surface area contributed by atoms with E-state index in [0.29, 0.717) is 0 Å². The lowest BCUT2D eigenvalue weighted by molar-refractivity contribution is 0.732. The first-order chi connectivity index (χ1) is 9.69. The third-order valence-corrected chi connectivity index (χ3v) is 3.59. The molecule has 1 aromatic carbocycles. The Balaban J connectivity index is 2.12. The van der Waals surface area contributed by atoms with Crippen molar-refractivity contribution in [3.63, 3.8) is 0 Å². The molecule has 4 nitrogen and oxygen atoms in total. The zero-order chi connectivity index (χ0) is 14.1. The lowest BCUT2D eigenvalue weighted by Crippen LogP contribution is -2.07. The molecule has 2 N–H and O–H groups in total. The van der Waals surface area contributed by atoms with E-state index in [0.717, 1.165) is 41.2 Å². The summed E-state index contributed by atoms with van der Waals surface area (Å²) in [6, 6.07) is 9.94. The van der Waals surface area contributed by atoms with Gasteiger partial charge in [-0.3, -0.25) is 4.98 Å². The number of nitrogens with zero attached hydrogens (tertiary/aromatic N) is 3. The fraction of sp³-hybridized carbons (Fsp3) is 0.250. The Morgan fingerprint density at radius 1 is 1.25 bits per heavy atom. The number of nitrogens with two attached hydrogens (primary N) is 1. The molecular formula is C16H18N4. The average molecular weight is 266 g/mol. The van der Waals surface area contributed by atoms with Gasteiger partial charge in [0.05, 0.1) is 23.3 Å². The summed E-state index contributed by atoms with van der Waals surface area (Å²) in [5, 5.41) is 0. The summed E-state index contributed by atoms with van der Waals surface area (Å²) in [6.07, 6.45) is 2.73. The van der Waals surface area contributed by atoms with Gasteiger partial charge in [0.15, 0.2) is 0 Å². The van der Waals surface area contributed by atoms with Crippen LogP contribution in [0.2, 0.25) is 0 Å². The quantitative estimate of drug-likeness (QED) is 0.741. The van der Waals surface area contributed by atoms with Crippen molar-refractivity contribution >= 4 is 16.7 Å². The van der Waals surface area contributed by atoms with Crippen molar-refractivity contribution in [1.82, 2.24) is 14.5 Å². The first-order valence-corrected chi connectivity index (χ1v) is 6.84. The molecule has 2 heterocycles. The molecule has 0 aliphatic heterocycles. The highest BCUT2D eigenvalue weighted by atomic mass is 15.1. The van der Waals surface area contributed by atoms with Crippen molar-refractivity contribution in [3.8, 4) is 0 Å². The van der Waals surface area contributed by atoms with Crippen molar-refractivity contribution in [2.24, 2.45) is 0 Å². The van der Waals surface area contributed by atoms with Crippen molar-refractivity contribution in [2.75, 3.05) is 5.73 Å². The highest BCUT2D eigenvalue weighted by molar-refractivity contribution is 5.79. The fourth-order valence-electron chi connectivity index (χ4n) is 2.48. The molecule has 0 aliphatic carbocycles. The maximum atomic E-state index is 5.84. The molecule has 0 aliphatic rings. The van der Waals surface area contributed by atoms with E-state index in [9.17, 15) is 0 Å². The minimum atomic E-state index is 0.746. The molecule has 0 radical (unpaired) electrons. The third-order valence-electron chi connectivity index (χ3n) is 3.59. The molecule has 4 heteroatoms. The normalized spacial score (nSPS) is 11.1. The summed E-state index contributed by atoms with van der Waals surface area (Å²) in [7, 11) is 0. The number of aromatic nitrogens is 3. The lowest BCUT2D eigenvalue weighted by atomic mass is 10.2. The molecule has 0 bridgehead atoms. The van der Waals surface area contributed by atoms with Crippen LogP contribution in [0.15, 0.2) is 36.5 Å². The van der Waals surface area contributed by atoms with E-state index in [1.54, 1.807) is 0 Å². The standard InChI is InChI=1S/C16H18N4/c1-3-16-19-13-9-12(17)6-7-15(13)20(16)10-14-11(2)5-4-8-18-14/h4-9H,3,10,17H2,1-2H3. The molecule has 0 saturated carbocycles. The summed E-state index contributed by atoms with van der Waals surface area (Å²) in [4.78, 5) is 9.15. The van der Waals surface area contributed by atoms with E-state index in [2.05, 4.69) is 34.4 Å². The van der Waals surface area contributed by atoms with E-state index in [1.807, 2.05) is 30.5 Å². The summed E-state index contributed by atoms with van der Waals surface area (Å²) in [6.45, 7) is 4.95. The lowest BCUT2D eigenvalue weighted by Gasteiger charge is -2.09. The topological polar surface area (TPSA) is 56.7 Å². The zero-order valence-corrected chi connectivity index (χ0v) is 11.8. The minimum Gasteiger partial charge on any atom is -0.399 e. The van der Waals surface area contributed by atoms with Gasteiger partial charge in [0, 0.05) is 18.3 Å². The predicted molar refractivity (Wildman–Crippen MR) is 81.6 cm³/mol. The number of hydrogen-bond acceptors (Lipinski definition) is 3. The number of hydrogen-bond donors (Lipinski definition) is 1. The smallest absolute Gasteiger partial charge is 0.109 e. The zero-order valence-electron chi connectivity index (χ0n) is 11.8. The highest BCUT2D eigenvalue weighted by Gasteiger charge is 2.11. The maximum absolute atomic E-state index is 5.84. The SMILES string of the molecule is CCc1nc2cc(N)ccc2n1Cc1ncccc1C. The Kier molecular flexibility index (Phi) is 3.14. The first kappa shape index (κ1) is 12.7. The van der Waals surface area contributed by atoms with Crippen molar-refractivity contribution in [1.29, 1.82) is 0 Å². The fourth-order valence-corrected chi connectivity index (χ4v) is 2.48. The Labute approximate surface area is 118 Å². The second-order valence-corrected chi connectivity index (χ2v) is 4.98. The number of anilines is 1. The van der Waals surface area contributed by atoms with Crippen LogP contribution in [0, 0.1) is 6.92 Å². The number of imidazole rings is 1. The Morgan fingerprint density at radius 3 is 2.85 bits per heavy atom. The molecule has 0 unspecified atom stereocenters. The van der Waals surface area contributed by atoms with Crippen molar-refractivity contribution in [2.45, 2.75) is 26.8 Å². The van der Waals surface area contributed by atoms with Gasteiger partial charge in [-0.15, -0.1) is 0 Å². The van der Waals surface area contributed by atoms with Crippen LogP contribution in [0.5, 0.6) is 0 Å². The first-order valence-electron chi connectivity index (χ1n) is 6.84. The summed E-state index contributed by atoms with van der Waals surface area (Å²) < 4.78 is 2.23. The van der Waals surface area contributed by atoms with E-state index in [4.69, 9.17) is 5.73 Å². The second kappa shape index (κ2) is 4.96. The van der Waals surface area contributed by atoms with Crippen LogP contribution in [-0.4, -0.2) is 14.5 Å². The number of fused-ring (bicyclic) bond motifs is 1. The summed E-state index contributed by atoms with van der Waals surface area (Å²) >= 11 is 0. The molecular weight excluding hydrogens is 248 g/mol. The van der Waals surface area contributed by atoms with Gasteiger partial charge in [-0.2, -0.15) is 0 Å². The van der Waals surface area contributed by atoms with Crippen molar-refractivity contribution in [3.05, 3.63) is 53.6 Å². The van der Waals surface area contributed by atoms with Crippen LogP contribution in [0.3, 0.4) is 0 Å². The molecule has 0 amide bonds. The van der Waals surface area contributed by atoms with Gasteiger partial charge in [0.1, 0.15) is 5.82 Å². The molecule has 20 heavy (non-hydrogen) atoms. The number of benzene rings is 1. The summed E-state index contributed by atoms with van der Waals surface area (Å²) in [5.41, 5.74) is 10.9. The Bertz CT molecular complexity index is 758. The Hall–Kier alpha value is -2.36. The maximum Gasteiger partial charge on any atom is 0.109 e. The second-order valence-electron chi connectivity index (χ2n) is 4.98. The van der Waals surface area contributed by atoms with Crippen LogP contribution in [-0.2, 0) is 13.0 Å². The molecule has 0 fully saturated rings. The van der Waals surface area contributed by atoms with Crippen LogP contribution >= 0.6 is 0 Å². The van der Waals surface area contributed by atoms with E-state index < -0.39 is 0 Å². The molecule has 0 saturated heterocycles. The molecule has 0 spiro atoms. The highest BCUT2D eigenvalue weighted by Crippen LogP contribution is 2.21. The van der Waals surface area contributed by atoms with Gasteiger partial charge in [-0.1, -0.05) is 13.0 Å². The largest absolute Gasteiger partial charge is 0.399 e. The molecule has 0 atom stereocenters. The molecule has 3 aromatic rings. The molecule has 102 valence electrons. The van der Waals surface area contributed by atoms with E-state index >= 15 is 0 Å². The van der Waals surface area contributed by atoms with Gasteiger partial charge >= 0.3 is 0 Å². The van der Waals surface area contributed by atoms with Gasteiger partial charge < -0.3 is 10.3 Å². The third kappa shape index (κ3) is 2.13. The van der Waals surface area contributed by atoms with Crippen molar-refractivity contribution < 1.29 is 0 Å². The number of nitrogen functional groups attached to an aromatic ring is 1. The van der Waals surface area contributed by atoms with Crippen LogP contribution in [0.25, 0.3) is 11.0 Å². The number of rotatable bonds is 3. The minimum absolute atomic E-state index is 0.746. The predicted octanol–water partition coefficient (Wildman–Crippen LogP) is 2.93. The van der Waals surface area contributed by atoms with Gasteiger partial charge in [-0.05, 0) is 36.8 Å². The van der Waals surface area contributed by atoms with Gasteiger partial charge in [-0.25, -0.2) is 4.98 Å². The monoisotopic (exact) mass is 266 g/mol. The Morgan fingerprint density at radius 2 is 2.10 bits per heavy atom. The van der Waals surface area contributed by atoms with Crippen LogP contribution in [0.1, 0.15) is 24.0 Å². The summed E-state index contributed by atoms with van der Waals surface area (Å²) in [5.74, 6) is 1.07. The number of aryl methyl sites for hydroxylation is 2.